The van der Waals surface area contributed by atoms with Gasteiger partial charge in [0, 0.05) is 0 Å². The molecule has 0 unspecified atom stereocenters. The van der Waals surface area contributed by atoms with Crippen molar-refractivity contribution in [2.24, 2.45) is 0 Å². The molecule has 3 aromatic rings. The van der Waals surface area contributed by atoms with Gasteiger partial charge in [0.25, 0.3) is 0 Å². The van der Waals surface area contributed by atoms with Crippen LogP contribution >= 0.6 is 0 Å². The third-order valence-electron chi connectivity index (χ3n) is 5.65. The standard InChI is InChI=1S/C26H17F5N4O/c1-36-17-9-10-18(20(11-17)26(29,30)31)16-7-5-15(6-8-16)13-35-14-23-22(12-32-35)33-25(34-23)19-3-2-4-21(27)24(19)28/h2-12,14H,13H2,1H3. The molecule has 3 aromatic carbocycles. The van der Waals surface area contributed by atoms with E-state index >= 15 is 0 Å². The van der Waals surface area contributed by atoms with Gasteiger partial charge in [0.1, 0.15) is 17.1 Å². The van der Waals surface area contributed by atoms with Crippen molar-refractivity contribution in [3.8, 4) is 39.7 Å². The van der Waals surface area contributed by atoms with E-state index in [1.165, 1.54) is 37.6 Å². The lowest BCUT2D eigenvalue weighted by Gasteiger charge is -2.15. The van der Waals surface area contributed by atoms with Gasteiger partial charge >= 0.3 is 6.18 Å². The van der Waals surface area contributed by atoms with Gasteiger partial charge in [-0.25, -0.2) is 18.7 Å². The summed E-state index contributed by atoms with van der Waals surface area (Å²) in [5.74, 6) is -1.85. The molecule has 0 aromatic heterocycles. The maximum absolute atomic E-state index is 14.1. The summed E-state index contributed by atoms with van der Waals surface area (Å²) in [6.45, 7) is 0.307. The van der Waals surface area contributed by atoms with Crippen molar-refractivity contribution in [3.05, 3.63) is 95.8 Å². The number of alkyl halides is 3. The number of imidazole rings is 1. The fourth-order valence-corrected chi connectivity index (χ4v) is 3.86. The van der Waals surface area contributed by atoms with Gasteiger partial charge in [-0.15, -0.1) is 0 Å². The molecule has 10 heteroatoms. The molecule has 2 aliphatic rings. The van der Waals surface area contributed by atoms with Gasteiger partial charge < -0.3 is 4.74 Å². The molecule has 0 N–H and O–H groups in total. The zero-order chi connectivity index (χ0) is 25.4. The van der Waals surface area contributed by atoms with Crippen LogP contribution in [0.25, 0.3) is 33.9 Å². The van der Waals surface area contributed by atoms with Gasteiger partial charge in [0.15, 0.2) is 17.5 Å². The molecule has 0 saturated carbocycles. The molecule has 182 valence electrons. The molecular formula is C26H17F5N4O. The highest BCUT2D eigenvalue weighted by molar-refractivity contribution is 5.69. The Morgan fingerprint density at radius 3 is 2.36 bits per heavy atom. The van der Waals surface area contributed by atoms with E-state index in [0.717, 1.165) is 17.7 Å². The van der Waals surface area contributed by atoms with Crippen molar-refractivity contribution in [3.63, 3.8) is 0 Å². The van der Waals surface area contributed by atoms with Crippen LogP contribution in [0.15, 0.2) is 73.1 Å². The van der Waals surface area contributed by atoms with Crippen LogP contribution in [-0.4, -0.2) is 26.9 Å². The first-order chi connectivity index (χ1) is 17.2. The molecule has 36 heavy (non-hydrogen) atoms. The molecule has 0 aliphatic carbocycles. The number of nitrogens with zero attached hydrogens (tertiary/aromatic N) is 4. The maximum atomic E-state index is 14.1. The van der Waals surface area contributed by atoms with E-state index in [0.29, 0.717) is 23.5 Å². The van der Waals surface area contributed by atoms with E-state index in [-0.39, 0.29) is 22.7 Å². The van der Waals surface area contributed by atoms with Crippen molar-refractivity contribution in [1.82, 2.24) is 19.7 Å². The molecule has 5 rings (SSSR count). The van der Waals surface area contributed by atoms with Crippen LogP contribution in [0.4, 0.5) is 22.0 Å². The predicted molar refractivity (Wildman–Crippen MR) is 122 cm³/mol. The van der Waals surface area contributed by atoms with E-state index < -0.39 is 23.4 Å². The smallest absolute Gasteiger partial charge is 0.417 e. The summed E-state index contributed by atoms with van der Waals surface area (Å²) in [6.07, 6.45) is -1.46. The van der Waals surface area contributed by atoms with Crippen molar-refractivity contribution < 1.29 is 26.7 Å². The SMILES string of the molecule is COc1ccc(-c2ccc(Cn3cc4nc(-c5cccc(F)c5F)nc-4cn3)cc2)c(C(F)(F)F)c1. The Labute approximate surface area is 202 Å². The molecule has 0 bridgehead atoms. The molecule has 5 nitrogen and oxygen atoms in total. The Balaban J connectivity index is 1.40. The molecule has 0 saturated heterocycles. The van der Waals surface area contributed by atoms with Crippen LogP contribution in [0.5, 0.6) is 5.75 Å². The topological polar surface area (TPSA) is 52.8 Å². The van der Waals surface area contributed by atoms with Crippen molar-refractivity contribution >= 4 is 0 Å². The summed E-state index contributed by atoms with van der Waals surface area (Å²) in [5.41, 5.74) is 1.26. The molecule has 2 aliphatic heterocycles. The second kappa shape index (κ2) is 9.03. The fourth-order valence-electron chi connectivity index (χ4n) is 3.86. The van der Waals surface area contributed by atoms with Crippen LogP contribution in [0.3, 0.4) is 0 Å². The van der Waals surface area contributed by atoms with Crippen LogP contribution in [0, 0.1) is 11.6 Å². The van der Waals surface area contributed by atoms with Crippen LogP contribution in [-0.2, 0) is 12.7 Å². The quantitative estimate of drug-likeness (QED) is 0.262. The number of benzene rings is 3. The van der Waals surface area contributed by atoms with E-state index in [1.54, 1.807) is 35.1 Å². The van der Waals surface area contributed by atoms with E-state index in [9.17, 15) is 22.0 Å². The monoisotopic (exact) mass is 496 g/mol. The average molecular weight is 496 g/mol. The number of hydrogen-bond donors (Lipinski definition) is 0. The molecule has 0 radical (unpaired) electrons. The van der Waals surface area contributed by atoms with Gasteiger partial charge in [-0.1, -0.05) is 36.4 Å². The maximum Gasteiger partial charge on any atom is 0.417 e. The highest BCUT2D eigenvalue weighted by Gasteiger charge is 2.34. The third-order valence-corrected chi connectivity index (χ3v) is 5.65. The molecule has 0 amide bonds. The fraction of sp³-hybridized carbons (Fsp3) is 0.115. The number of halogens is 5. The normalized spacial score (nSPS) is 11.7. The Morgan fingerprint density at radius 1 is 0.889 bits per heavy atom. The molecule has 0 spiro atoms. The second-order valence-corrected chi connectivity index (χ2v) is 8.00. The highest BCUT2D eigenvalue weighted by atomic mass is 19.4. The predicted octanol–water partition coefficient (Wildman–Crippen LogP) is 6.47. The Hall–Kier alpha value is -4.34. The van der Waals surface area contributed by atoms with E-state index in [1.807, 2.05) is 0 Å². The lowest BCUT2D eigenvalue weighted by atomic mass is 9.98. The number of hydrogen-bond acceptors (Lipinski definition) is 4. The van der Waals surface area contributed by atoms with Gasteiger partial charge in [-0.05, 0) is 41.0 Å². The number of ether oxygens (including phenoxy) is 1. The summed E-state index contributed by atoms with van der Waals surface area (Å²) in [4.78, 5) is 8.52. The van der Waals surface area contributed by atoms with Crippen molar-refractivity contribution in [1.29, 1.82) is 0 Å². The van der Waals surface area contributed by atoms with Gasteiger partial charge in [-0.3, -0.25) is 4.68 Å². The summed E-state index contributed by atoms with van der Waals surface area (Å²) < 4.78 is 74.9. The number of methoxy groups -OCH3 is 1. The van der Waals surface area contributed by atoms with E-state index in [4.69, 9.17) is 4.74 Å². The van der Waals surface area contributed by atoms with Gasteiger partial charge in [0.2, 0.25) is 0 Å². The zero-order valence-corrected chi connectivity index (χ0v) is 18.7. The van der Waals surface area contributed by atoms with E-state index in [2.05, 4.69) is 15.1 Å². The summed E-state index contributed by atoms with van der Waals surface area (Å²) in [7, 11) is 1.31. The number of fused-ring (bicyclic) bond motifs is 1. The van der Waals surface area contributed by atoms with Gasteiger partial charge in [0.05, 0.1) is 37.2 Å². The Kier molecular flexibility index (Phi) is 5.87. The van der Waals surface area contributed by atoms with Gasteiger partial charge in [-0.2, -0.15) is 18.3 Å². The Morgan fingerprint density at radius 2 is 1.64 bits per heavy atom. The highest BCUT2D eigenvalue weighted by Crippen LogP contribution is 2.39. The molecular weight excluding hydrogens is 479 g/mol. The first kappa shape index (κ1) is 23.4. The van der Waals surface area contributed by atoms with Crippen LogP contribution in [0.2, 0.25) is 0 Å². The minimum absolute atomic E-state index is 0.0471. The number of aromatic nitrogens is 4. The lowest BCUT2D eigenvalue weighted by molar-refractivity contribution is -0.137. The summed E-state index contributed by atoms with van der Waals surface area (Å²) in [5, 5.41) is 4.28. The molecule has 0 fully saturated rings. The number of rotatable bonds is 5. The van der Waals surface area contributed by atoms with Crippen molar-refractivity contribution in [2.45, 2.75) is 12.7 Å². The first-order valence-electron chi connectivity index (χ1n) is 10.7. The first-order valence-corrected chi connectivity index (χ1v) is 10.7. The van der Waals surface area contributed by atoms with Crippen molar-refractivity contribution in [2.75, 3.05) is 7.11 Å². The summed E-state index contributed by atoms with van der Waals surface area (Å²) >= 11 is 0. The van der Waals surface area contributed by atoms with Crippen LogP contribution < -0.4 is 4.74 Å². The van der Waals surface area contributed by atoms with Crippen LogP contribution in [0.1, 0.15) is 11.1 Å². The minimum atomic E-state index is -4.54. The Bertz CT molecular complexity index is 1510. The zero-order valence-electron chi connectivity index (χ0n) is 18.7. The largest absolute Gasteiger partial charge is 0.497 e. The second-order valence-electron chi connectivity index (χ2n) is 8.00. The summed E-state index contributed by atoms with van der Waals surface area (Å²) in [6, 6.07) is 14.3. The third kappa shape index (κ3) is 4.49. The minimum Gasteiger partial charge on any atom is -0.497 e. The average Bonchev–Trinajstić information content (AvgIpc) is 3.28. The molecule has 2 heterocycles. The lowest BCUT2D eigenvalue weighted by Crippen LogP contribution is -2.08. The molecule has 0 atom stereocenters.